The van der Waals surface area contributed by atoms with E-state index < -0.39 is 0 Å². The Hall–Kier alpha value is -3.74. The van der Waals surface area contributed by atoms with Crippen LogP contribution < -0.4 is 16.0 Å². The van der Waals surface area contributed by atoms with Gasteiger partial charge in [-0.1, -0.05) is 19.1 Å². The summed E-state index contributed by atoms with van der Waals surface area (Å²) in [6.45, 7) is 3.53. The minimum atomic E-state index is -0.310. The predicted octanol–water partition coefficient (Wildman–Crippen LogP) is 3.99. The molecule has 1 heterocycles. The molecule has 0 spiro atoms. The van der Waals surface area contributed by atoms with Gasteiger partial charge in [0.25, 0.3) is 5.91 Å². The monoisotopic (exact) mass is 375 g/mol. The highest BCUT2D eigenvalue weighted by Crippen LogP contribution is 2.17. The molecule has 2 aromatic carbocycles. The molecule has 0 saturated carbocycles. The molecule has 0 aliphatic carbocycles. The third-order valence-electron chi connectivity index (χ3n) is 3.97. The average molecular weight is 375 g/mol. The third kappa shape index (κ3) is 5.14. The number of benzene rings is 2. The molecule has 2 amide bonds. The highest BCUT2D eigenvalue weighted by molar-refractivity contribution is 6.03. The van der Waals surface area contributed by atoms with Crippen molar-refractivity contribution in [2.75, 3.05) is 16.0 Å². The number of anilines is 4. The van der Waals surface area contributed by atoms with Gasteiger partial charge in [0.05, 0.1) is 0 Å². The van der Waals surface area contributed by atoms with Crippen LogP contribution in [0, 0.1) is 0 Å². The quantitative estimate of drug-likeness (QED) is 0.605. The fourth-order valence-electron chi connectivity index (χ4n) is 2.53. The van der Waals surface area contributed by atoms with Crippen molar-refractivity contribution < 1.29 is 9.59 Å². The first-order chi connectivity index (χ1) is 13.5. The van der Waals surface area contributed by atoms with Crippen LogP contribution in [0.1, 0.15) is 29.9 Å². The first-order valence-corrected chi connectivity index (χ1v) is 8.91. The molecule has 142 valence electrons. The zero-order chi connectivity index (χ0) is 19.9. The summed E-state index contributed by atoms with van der Waals surface area (Å²) in [6, 6.07) is 16.4. The summed E-state index contributed by atoms with van der Waals surface area (Å²) in [5.41, 5.74) is 3.61. The molecule has 0 fully saturated rings. The number of nitrogens with zero attached hydrogens (tertiary/aromatic N) is 2. The van der Waals surface area contributed by atoms with Crippen molar-refractivity contribution in [1.29, 1.82) is 0 Å². The molecule has 0 unspecified atom stereocenters. The molecular formula is C21H21N5O2. The summed E-state index contributed by atoms with van der Waals surface area (Å²) in [5, 5.41) is 8.57. The fourth-order valence-corrected chi connectivity index (χ4v) is 2.53. The Morgan fingerprint density at radius 2 is 1.46 bits per heavy atom. The summed E-state index contributed by atoms with van der Waals surface area (Å²) in [6.07, 6.45) is 2.47. The van der Waals surface area contributed by atoms with Crippen LogP contribution in [0.3, 0.4) is 0 Å². The van der Waals surface area contributed by atoms with E-state index in [1.807, 2.05) is 24.3 Å². The van der Waals surface area contributed by atoms with Gasteiger partial charge in [-0.3, -0.25) is 9.59 Å². The molecule has 0 aliphatic heterocycles. The Kier molecular flexibility index (Phi) is 5.96. The van der Waals surface area contributed by atoms with Crippen molar-refractivity contribution >= 4 is 34.8 Å². The largest absolute Gasteiger partial charge is 0.326 e. The molecule has 0 aliphatic rings. The van der Waals surface area contributed by atoms with E-state index in [0.717, 1.165) is 12.1 Å². The van der Waals surface area contributed by atoms with Crippen LogP contribution in [0.25, 0.3) is 0 Å². The van der Waals surface area contributed by atoms with Crippen molar-refractivity contribution in [1.82, 2.24) is 9.97 Å². The third-order valence-corrected chi connectivity index (χ3v) is 3.97. The van der Waals surface area contributed by atoms with Gasteiger partial charge in [0.2, 0.25) is 11.9 Å². The van der Waals surface area contributed by atoms with Gasteiger partial charge in [0, 0.05) is 30.2 Å². The SMILES string of the molecule is CCc1ccc(NC(=O)c2ccnc(Nc3ccc(NC(C)=O)cc3)n2)cc1. The molecule has 28 heavy (non-hydrogen) atoms. The molecule has 0 bridgehead atoms. The van der Waals surface area contributed by atoms with E-state index in [2.05, 4.69) is 32.8 Å². The summed E-state index contributed by atoms with van der Waals surface area (Å²) in [5.74, 6) is -0.135. The minimum Gasteiger partial charge on any atom is -0.326 e. The van der Waals surface area contributed by atoms with E-state index in [4.69, 9.17) is 0 Å². The van der Waals surface area contributed by atoms with Crippen LogP contribution >= 0.6 is 0 Å². The number of hydrogen-bond donors (Lipinski definition) is 3. The topological polar surface area (TPSA) is 96.0 Å². The number of hydrogen-bond acceptors (Lipinski definition) is 5. The van der Waals surface area contributed by atoms with Crippen molar-refractivity contribution in [2.24, 2.45) is 0 Å². The van der Waals surface area contributed by atoms with Gasteiger partial charge in [-0.05, 0) is 54.4 Å². The summed E-state index contributed by atoms with van der Waals surface area (Å²) in [4.78, 5) is 31.9. The Morgan fingerprint density at radius 1 is 0.857 bits per heavy atom. The van der Waals surface area contributed by atoms with E-state index in [1.54, 1.807) is 30.3 Å². The average Bonchev–Trinajstić information content (AvgIpc) is 2.70. The maximum absolute atomic E-state index is 12.5. The number of aryl methyl sites for hydroxylation is 1. The fraction of sp³-hybridized carbons (Fsp3) is 0.143. The lowest BCUT2D eigenvalue weighted by molar-refractivity contribution is -0.114. The first kappa shape index (κ1) is 19.0. The molecule has 1 aromatic heterocycles. The van der Waals surface area contributed by atoms with E-state index >= 15 is 0 Å². The van der Waals surface area contributed by atoms with Gasteiger partial charge in [-0.2, -0.15) is 0 Å². The van der Waals surface area contributed by atoms with Gasteiger partial charge in [0.1, 0.15) is 5.69 Å². The standard InChI is InChI=1S/C21H21N5O2/c1-3-15-4-6-17(7-5-15)24-20(28)19-12-13-22-21(26-19)25-18-10-8-16(9-11-18)23-14(2)27/h4-13H,3H2,1-2H3,(H,23,27)(H,24,28)(H,22,25,26). The Labute approximate surface area is 163 Å². The lowest BCUT2D eigenvalue weighted by Gasteiger charge is -2.09. The summed E-state index contributed by atoms with van der Waals surface area (Å²) < 4.78 is 0. The van der Waals surface area contributed by atoms with E-state index in [9.17, 15) is 9.59 Å². The smallest absolute Gasteiger partial charge is 0.274 e. The number of nitrogens with one attached hydrogen (secondary N) is 3. The normalized spacial score (nSPS) is 10.2. The predicted molar refractivity (Wildman–Crippen MR) is 110 cm³/mol. The second-order valence-corrected chi connectivity index (χ2v) is 6.15. The molecule has 0 atom stereocenters. The molecule has 3 N–H and O–H groups in total. The van der Waals surface area contributed by atoms with Crippen LogP contribution in [0.15, 0.2) is 60.8 Å². The van der Waals surface area contributed by atoms with Gasteiger partial charge in [0.15, 0.2) is 0 Å². The number of amides is 2. The van der Waals surface area contributed by atoms with Crippen molar-refractivity contribution in [3.8, 4) is 0 Å². The zero-order valence-electron chi connectivity index (χ0n) is 15.7. The van der Waals surface area contributed by atoms with Gasteiger partial charge in [-0.25, -0.2) is 9.97 Å². The lowest BCUT2D eigenvalue weighted by Crippen LogP contribution is -2.14. The maximum atomic E-state index is 12.5. The van der Waals surface area contributed by atoms with Crippen LogP contribution in [-0.2, 0) is 11.2 Å². The first-order valence-electron chi connectivity index (χ1n) is 8.91. The molecule has 7 heteroatoms. The summed E-state index contributed by atoms with van der Waals surface area (Å²) in [7, 11) is 0. The van der Waals surface area contributed by atoms with Gasteiger partial charge >= 0.3 is 0 Å². The highest BCUT2D eigenvalue weighted by Gasteiger charge is 2.10. The van der Waals surface area contributed by atoms with Crippen LogP contribution in [0.2, 0.25) is 0 Å². The summed E-state index contributed by atoms with van der Waals surface area (Å²) >= 11 is 0. The molecule has 7 nitrogen and oxygen atoms in total. The van der Waals surface area contributed by atoms with E-state index in [0.29, 0.717) is 17.3 Å². The second kappa shape index (κ2) is 8.77. The number of carbonyl (C=O) groups excluding carboxylic acids is 2. The van der Waals surface area contributed by atoms with Gasteiger partial charge < -0.3 is 16.0 Å². The molecule has 3 aromatic rings. The van der Waals surface area contributed by atoms with Crippen LogP contribution in [0.4, 0.5) is 23.0 Å². The molecular weight excluding hydrogens is 354 g/mol. The van der Waals surface area contributed by atoms with Crippen molar-refractivity contribution in [3.63, 3.8) is 0 Å². The maximum Gasteiger partial charge on any atom is 0.274 e. The lowest BCUT2D eigenvalue weighted by atomic mass is 10.1. The molecule has 3 rings (SSSR count). The van der Waals surface area contributed by atoms with Crippen LogP contribution in [0.5, 0.6) is 0 Å². The van der Waals surface area contributed by atoms with Crippen LogP contribution in [-0.4, -0.2) is 21.8 Å². The Balaban J connectivity index is 1.67. The van der Waals surface area contributed by atoms with Crippen molar-refractivity contribution in [2.45, 2.75) is 20.3 Å². The van der Waals surface area contributed by atoms with E-state index in [-0.39, 0.29) is 17.5 Å². The Morgan fingerprint density at radius 3 is 2.11 bits per heavy atom. The van der Waals surface area contributed by atoms with Crippen molar-refractivity contribution in [3.05, 3.63) is 72.1 Å². The minimum absolute atomic E-state index is 0.132. The van der Waals surface area contributed by atoms with Gasteiger partial charge in [-0.15, -0.1) is 0 Å². The van der Waals surface area contributed by atoms with E-state index in [1.165, 1.54) is 18.7 Å². The molecule has 0 saturated heterocycles. The highest BCUT2D eigenvalue weighted by atomic mass is 16.2. The number of rotatable bonds is 6. The Bertz CT molecular complexity index is 969. The number of carbonyl (C=O) groups is 2. The zero-order valence-corrected chi connectivity index (χ0v) is 15.7. The second-order valence-electron chi connectivity index (χ2n) is 6.15. The molecule has 0 radical (unpaired) electrons. The number of aromatic nitrogens is 2.